The fourth-order valence-corrected chi connectivity index (χ4v) is 6.14. The Morgan fingerprint density at radius 1 is 1.27 bits per heavy atom. The third-order valence-electron chi connectivity index (χ3n) is 5.41. The van der Waals surface area contributed by atoms with Crippen molar-refractivity contribution in [2.45, 2.75) is 32.0 Å². The maximum atomic E-state index is 13.8. The number of aromatic nitrogens is 4. The highest BCUT2D eigenvalue weighted by atomic mass is 32.2. The largest absolute Gasteiger partial charge is 0.301 e. The summed E-state index contributed by atoms with van der Waals surface area (Å²) in [5.74, 6) is 1.33. The Labute approximate surface area is 182 Å². The molecular formula is C22H23N5OS2. The van der Waals surface area contributed by atoms with Crippen LogP contribution in [0.5, 0.6) is 0 Å². The quantitative estimate of drug-likeness (QED) is 0.356. The first kappa shape index (κ1) is 19.5. The summed E-state index contributed by atoms with van der Waals surface area (Å²) in [4.78, 5) is 18.3. The Balaban J connectivity index is 1.86. The molecule has 30 heavy (non-hydrogen) atoms. The van der Waals surface area contributed by atoms with Crippen molar-refractivity contribution in [3.8, 4) is 5.69 Å². The molecule has 0 bridgehead atoms. The first-order valence-electron chi connectivity index (χ1n) is 9.91. The standard InChI is InChI=1S/C22H23N5OS2/c1-13(2)12-29-22-24-23-21-26(15-7-5-14(3)6-8-15)19(28)18-16-9-10-25(4)11-17(16)30-20(18)27(21)22/h5-8H,1,9-12H2,2-4H3. The molecule has 0 N–H and O–H groups in total. The summed E-state index contributed by atoms with van der Waals surface area (Å²) >= 11 is 3.31. The van der Waals surface area contributed by atoms with Crippen LogP contribution < -0.4 is 5.56 Å². The van der Waals surface area contributed by atoms with Crippen molar-refractivity contribution in [3.63, 3.8) is 0 Å². The van der Waals surface area contributed by atoms with Gasteiger partial charge >= 0.3 is 0 Å². The average molecular weight is 438 g/mol. The predicted molar refractivity (Wildman–Crippen MR) is 124 cm³/mol. The van der Waals surface area contributed by atoms with Crippen LogP contribution in [0.1, 0.15) is 22.9 Å². The lowest BCUT2D eigenvalue weighted by atomic mass is 10.1. The lowest BCUT2D eigenvalue weighted by Crippen LogP contribution is -2.27. The van der Waals surface area contributed by atoms with Gasteiger partial charge in [0, 0.05) is 23.7 Å². The van der Waals surface area contributed by atoms with Gasteiger partial charge in [-0.05, 0) is 45.0 Å². The van der Waals surface area contributed by atoms with Gasteiger partial charge in [0.2, 0.25) is 5.78 Å². The van der Waals surface area contributed by atoms with Gasteiger partial charge in [-0.2, -0.15) is 0 Å². The predicted octanol–water partition coefficient (Wildman–Crippen LogP) is 4.06. The fourth-order valence-electron chi connectivity index (χ4n) is 3.89. The van der Waals surface area contributed by atoms with Crippen LogP contribution in [0.4, 0.5) is 0 Å². The van der Waals surface area contributed by atoms with Crippen LogP contribution in [0.25, 0.3) is 21.7 Å². The van der Waals surface area contributed by atoms with Crippen LogP contribution in [0, 0.1) is 6.92 Å². The molecule has 4 aromatic rings. The van der Waals surface area contributed by atoms with Crippen molar-refractivity contribution in [2.75, 3.05) is 19.3 Å². The molecule has 3 aromatic heterocycles. The molecule has 0 saturated heterocycles. The molecule has 1 aliphatic rings. The zero-order chi connectivity index (χ0) is 21.0. The summed E-state index contributed by atoms with van der Waals surface area (Å²) in [6, 6.07) is 8.00. The highest BCUT2D eigenvalue weighted by molar-refractivity contribution is 7.99. The molecule has 0 saturated carbocycles. The van der Waals surface area contributed by atoms with Crippen LogP contribution in [-0.2, 0) is 13.0 Å². The van der Waals surface area contributed by atoms with E-state index in [1.54, 1.807) is 27.7 Å². The molecule has 0 aliphatic carbocycles. The first-order valence-corrected chi connectivity index (χ1v) is 11.7. The fraction of sp³-hybridized carbons (Fsp3) is 0.318. The summed E-state index contributed by atoms with van der Waals surface area (Å²) in [6.45, 7) is 9.89. The number of hydrogen-bond acceptors (Lipinski definition) is 6. The average Bonchev–Trinajstić information content (AvgIpc) is 3.28. The summed E-state index contributed by atoms with van der Waals surface area (Å²) in [6.07, 6.45) is 0.886. The number of hydrogen-bond donors (Lipinski definition) is 0. The van der Waals surface area contributed by atoms with Gasteiger partial charge in [0.05, 0.1) is 11.1 Å². The van der Waals surface area contributed by atoms with Gasteiger partial charge in [0.25, 0.3) is 5.56 Å². The smallest absolute Gasteiger partial charge is 0.268 e. The zero-order valence-corrected chi connectivity index (χ0v) is 18.9. The highest BCUT2D eigenvalue weighted by Crippen LogP contribution is 2.35. The second kappa shape index (κ2) is 7.37. The molecule has 0 radical (unpaired) electrons. The molecular weight excluding hydrogens is 414 g/mol. The number of rotatable bonds is 4. The molecule has 0 unspecified atom stereocenters. The van der Waals surface area contributed by atoms with Crippen molar-refractivity contribution in [2.24, 2.45) is 0 Å². The Kier molecular flexibility index (Phi) is 4.80. The molecule has 1 aliphatic heterocycles. The summed E-state index contributed by atoms with van der Waals surface area (Å²) in [5, 5.41) is 10.5. The lowest BCUT2D eigenvalue weighted by Gasteiger charge is -2.21. The van der Waals surface area contributed by atoms with Crippen molar-refractivity contribution in [1.29, 1.82) is 0 Å². The van der Waals surface area contributed by atoms with E-state index < -0.39 is 0 Å². The van der Waals surface area contributed by atoms with Crippen molar-refractivity contribution < 1.29 is 0 Å². The van der Waals surface area contributed by atoms with E-state index in [1.165, 1.54) is 10.4 Å². The normalized spacial score (nSPS) is 14.5. The molecule has 8 heteroatoms. The molecule has 0 fully saturated rings. The van der Waals surface area contributed by atoms with E-state index in [4.69, 9.17) is 0 Å². The van der Waals surface area contributed by atoms with Crippen LogP contribution >= 0.6 is 23.1 Å². The third-order valence-corrected chi connectivity index (χ3v) is 7.77. The number of aryl methyl sites for hydroxylation is 1. The molecule has 0 atom stereocenters. The van der Waals surface area contributed by atoms with Gasteiger partial charge in [-0.25, -0.2) is 8.97 Å². The monoisotopic (exact) mass is 437 g/mol. The third kappa shape index (κ3) is 3.10. The van der Waals surface area contributed by atoms with E-state index in [2.05, 4.69) is 33.1 Å². The topological polar surface area (TPSA) is 55.4 Å². The summed E-state index contributed by atoms with van der Waals surface area (Å²) in [5.41, 5.74) is 4.22. The number of fused-ring (bicyclic) bond motifs is 5. The minimum Gasteiger partial charge on any atom is -0.301 e. The van der Waals surface area contributed by atoms with Crippen LogP contribution in [0.3, 0.4) is 0 Å². The number of benzene rings is 1. The van der Waals surface area contributed by atoms with Crippen LogP contribution in [-0.4, -0.2) is 43.4 Å². The maximum Gasteiger partial charge on any atom is 0.268 e. The first-order chi connectivity index (χ1) is 14.4. The van der Waals surface area contributed by atoms with E-state index in [1.807, 2.05) is 38.1 Å². The van der Waals surface area contributed by atoms with Crippen molar-refractivity contribution in [3.05, 3.63) is 62.8 Å². The Hall–Kier alpha value is -2.42. The second-order valence-electron chi connectivity index (χ2n) is 8.01. The minimum absolute atomic E-state index is 0.00717. The summed E-state index contributed by atoms with van der Waals surface area (Å²) < 4.78 is 3.78. The zero-order valence-electron chi connectivity index (χ0n) is 17.3. The number of nitrogens with zero attached hydrogens (tertiary/aromatic N) is 5. The van der Waals surface area contributed by atoms with Gasteiger partial charge in [0.15, 0.2) is 5.16 Å². The van der Waals surface area contributed by atoms with Gasteiger partial charge in [-0.1, -0.05) is 41.6 Å². The minimum atomic E-state index is -0.00717. The Bertz CT molecular complexity index is 1350. The Morgan fingerprint density at radius 2 is 2.03 bits per heavy atom. The number of thiophene rings is 1. The molecule has 4 heterocycles. The van der Waals surface area contributed by atoms with Crippen molar-refractivity contribution in [1.82, 2.24) is 24.1 Å². The lowest BCUT2D eigenvalue weighted by molar-refractivity contribution is 0.318. The molecule has 5 rings (SSSR count). The molecule has 6 nitrogen and oxygen atoms in total. The van der Waals surface area contributed by atoms with E-state index in [0.29, 0.717) is 5.78 Å². The van der Waals surface area contributed by atoms with E-state index in [9.17, 15) is 4.79 Å². The molecule has 154 valence electrons. The van der Waals surface area contributed by atoms with Crippen LogP contribution in [0.15, 0.2) is 46.4 Å². The van der Waals surface area contributed by atoms with Gasteiger partial charge < -0.3 is 4.90 Å². The number of likely N-dealkylation sites (N-methyl/N-ethyl adjacent to an activating group) is 1. The molecule has 1 aromatic carbocycles. The van der Waals surface area contributed by atoms with Gasteiger partial charge in [0.1, 0.15) is 4.83 Å². The SMILES string of the molecule is C=C(C)CSc1nnc2n(-c3ccc(C)cc3)c(=O)c3c4c(sc3n12)CN(C)CC4. The summed E-state index contributed by atoms with van der Waals surface area (Å²) in [7, 11) is 2.13. The van der Waals surface area contributed by atoms with Gasteiger partial charge in [-0.15, -0.1) is 21.5 Å². The number of thioether (sulfide) groups is 1. The molecule has 0 amide bonds. The highest BCUT2D eigenvalue weighted by Gasteiger charge is 2.26. The van der Waals surface area contributed by atoms with E-state index in [0.717, 1.165) is 57.5 Å². The van der Waals surface area contributed by atoms with Crippen molar-refractivity contribution >= 4 is 39.1 Å². The van der Waals surface area contributed by atoms with Gasteiger partial charge in [-0.3, -0.25) is 4.79 Å². The molecule has 0 spiro atoms. The van der Waals surface area contributed by atoms with E-state index >= 15 is 0 Å². The van der Waals surface area contributed by atoms with E-state index in [-0.39, 0.29) is 5.56 Å². The maximum absolute atomic E-state index is 13.8. The second-order valence-corrected chi connectivity index (χ2v) is 10.0. The Morgan fingerprint density at radius 3 is 2.77 bits per heavy atom. The van der Waals surface area contributed by atoms with Crippen LogP contribution in [0.2, 0.25) is 0 Å².